The zero-order valence-electron chi connectivity index (χ0n) is 18.4. The quantitative estimate of drug-likeness (QED) is 0.808. The first kappa shape index (κ1) is 20.8. The Hall–Kier alpha value is -1.47. The van der Waals surface area contributed by atoms with Crippen molar-refractivity contribution in [3.8, 4) is 0 Å². The molecule has 3 saturated heterocycles. The molecular weight excluding hydrogens is 364 g/mol. The molecule has 29 heavy (non-hydrogen) atoms. The van der Waals surface area contributed by atoms with Gasteiger partial charge in [-0.15, -0.1) is 0 Å². The number of carboxylic acid groups (broad SMARTS) is 1. The summed E-state index contributed by atoms with van der Waals surface area (Å²) >= 11 is 0. The summed E-state index contributed by atoms with van der Waals surface area (Å²) in [6.45, 7) is 14.0. The smallest absolute Gasteiger partial charge is 0.312 e. The van der Waals surface area contributed by atoms with E-state index in [1.165, 1.54) is 22.3 Å². The van der Waals surface area contributed by atoms with Crippen molar-refractivity contribution in [2.75, 3.05) is 66.5 Å². The van der Waals surface area contributed by atoms with Gasteiger partial charge in [0.1, 0.15) is 0 Å². The third kappa shape index (κ3) is 4.08. The number of nitrogens with zero attached hydrogens (tertiary/aromatic N) is 4. The van der Waals surface area contributed by atoms with Gasteiger partial charge in [0, 0.05) is 71.4 Å². The molecule has 3 aliphatic rings. The largest absolute Gasteiger partial charge is 0.481 e. The van der Waals surface area contributed by atoms with Crippen molar-refractivity contribution in [1.82, 2.24) is 19.6 Å². The molecule has 3 fully saturated rings. The second-order valence-electron chi connectivity index (χ2n) is 9.81. The Morgan fingerprint density at radius 3 is 2.17 bits per heavy atom. The van der Waals surface area contributed by atoms with Crippen molar-refractivity contribution in [1.29, 1.82) is 0 Å². The number of likely N-dealkylation sites (tertiary alicyclic amines) is 2. The summed E-state index contributed by atoms with van der Waals surface area (Å²) in [5.41, 5.74) is 4.89. The molecule has 0 spiro atoms. The predicted molar refractivity (Wildman–Crippen MR) is 115 cm³/mol. The van der Waals surface area contributed by atoms with Gasteiger partial charge in [0.25, 0.3) is 0 Å². The molecule has 0 aliphatic carbocycles. The summed E-state index contributed by atoms with van der Waals surface area (Å²) in [5, 5.41) is 9.96. The Balaban J connectivity index is 1.48. The molecule has 0 saturated carbocycles. The van der Waals surface area contributed by atoms with E-state index < -0.39 is 11.4 Å². The fourth-order valence-corrected chi connectivity index (χ4v) is 5.67. The average Bonchev–Trinajstić information content (AvgIpc) is 3.14. The zero-order chi connectivity index (χ0) is 20.8. The number of carboxylic acids is 1. The molecule has 1 N–H and O–H groups in total. The molecular formula is C23H36N4O2. The first-order valence-electron chi connectivity index (χ1n) is 10.9. The van der Waals surface area contributed by atoms with E-state index >= 15 is 0 Å². The van der Waals surface area contributed by atoms with E-state index in [4.69, 9.17) is 0 Å². The van der Waals surface area contributed by atoms with Crippen LogP contribution in [0.15, 0.2) is 12.1 Å². The molecule has 0 unspecified atom stereocenters. The third-order valence-electron chi connectivity index (χ3n) is 7.43. The second-order valence-corrected chi connectivity index (χ2v) is 9.81. The highest BCUT2D eigenvalue weighted by atomic mass is 16.4. The number of likely N-dealkylation sites (N-methyl/N-ethyl adjacent to an activating group) is 1. The van der Waals surface area contributed by atoms with Crippen molar-refractivity contribution in [2.24, 2.45) is 11.3 Å². The monoisotopic (exact) mass is 400 g/mol. The van der Waals surface area contributed by atoms with Gasteiger partial charge in [0.05, 0.1) is 5.41 Å². The Bertz CT molecular complexity index is 774. The molecule has 3 heterocycles. The fourth-order valence-electron chi connectivity index (χ4n) is 5.67. The van der Waals surface area contributed by atoms with E-state index in [0.29, 0.717) is 13.1 Å². The van der Waals surface area contributed by atoms with Crippen LogP contribution < -0.4 is 0 Å². The number of hydrogen-bond donors (Lipinski definition) is 1. The van der Waals surface area contributed by atoms with Crippen LogP contribution in [0.2, 0.25) is 0 Å². The zero-order valence-corrected chi connectivity index (χ0v) is 18.4. The van der Waals surface area contributed by atoms with E-state index in [1.807, 2.05) is 7.05 Å². The van der Waals surface area contributed by atoms with Gasteiger partial charge in [-0.1, -0.05) is 17.7 Å². The minimum absolute atomic E-state index is 0.236. The molecule has 1 aromatic carbocycles. The Labute approximate surface area is 175 Å². The van der Waals surface area contributed by atoms with Crippen molar-refractivity contribution >= 4 is 5.97 Å². The van der Waals surface area contributed by atoms with Crippen LogP contribution in [-0.4, -0.2) is 97.1 Å². The van der Waals surface area contributed by atoms with Crippen LogP contribution in [-0.2, 0) is 17.9 Å². The van der Waals surface area contributed by atoms with Gasteiger partial charge in [0.15, 0.2) is 0 Å². The van der Waals surface area contributed by atoms with Crippen LogP contribution in [0.4, 0.5) is 0 Å². The van der Waals surface area contributed by atoms with E-state index in [1.54, 1.807) is 0 Å². The molecule has 6 heteroatoms. The lowest BCUT2D eigenvalue weighted by atomic mass is 9.81. The van der Waals surface area contributed by atoms with Gasteiger partial charge in [-0.05, 0) is 44.6 Å². The normalized spacial score (nSPS) is 29.4. The number of piperazine rings is 1. The van der Waals surface area contributed by atoms with Gasteiger partial charge in [-0.25, -0.2) is 0 Å². The van der Waals surface area contributed by atoms with Crippen LogP contribution in [0.1, 0.15) is 22.3 Å². The van der Waals surface area contributed by atoms with E-state index in [9.17, 15) is 9.90 Å². The van der Waals surface area contributed by atoms with Crippen LogP contribution >= 0.6 is 0 Å². The van der Waals surface area contributed by atoms with Gasteiger partial charge in [0.2, 0.25) is 0 Å². The topological polar surface area (TPSA) is 50.3 Å². The third-order valence-corrected chi connectivity index (χ3v) is 7.43. The molecule has 0 radical (unpaired) electrons. The van der Waals surface area contributed by atoms with Crippen molar-refractivity contribution in [3.63, 3.8) is 0 Å². The highest BCUT2D eigenvalue weighted by Gasteiger charge is 2.56. The Morgan fingerprint density at radius 1 is 0.966 bits per heavy atom. The van der Waals surface area contributed by atoms with Crippen LogP contribution in [0.25, 0.3) is 0 Å². The number of aliphatic carboxylic acids is 1. The van der Waals surface area contributed by atoms with E-state index in [-0.39, 0.29) is 5.92 Å². The molecule has 2 atom stereocenters. The summed E-state index contributed by atoms with van der Waals surface area (Å²) in [6, 6.07) is 4.64. The van der Waals surface area contributed by atoms with Crippen LogP contribution in [0, 0.1) is 25.2 Å². The highest BCUT2D eigenvalue weighted by Crippen LogP contribution is 2.42. The first-order chi connectivity index (χ1) is 13.8. The average molecular weight is 401 g/mol. The summed E-state index contributed by atoms with van der Waals surface area (Å²) in [5.74, 6) is -0.383. The standard InChI is InChI=1S/C23H36N4O2/c1-17-9-19(11-26-7-5-24(3)6-8-26)18(2)20(10-17)12-27-14-21-13-25(4)15-23(21,16-27)22(28)29/h9-10,21H,5-8,11-16H2,1-4H3,(H,28,29)/t21-,23-/m0/s1. The Kier molecular flexibility index (Phi) is 5.73. The second kappa shape index (κ2) is 7.99. The fraction of sp³-hybridized carbons (Fsp3) is 0.696. The van der Waals surface area contributed by atoms with Gasteiger partial charge in [-0.3, -0.25) is 14.6 Å². The summed E-state index contributed by atoms with van der Waals surface area (Å²) in [7, 11) is 4.24. The summed E-state index contributed by atoms with van der Waals surface area (Å²) in [4.78, 5) is 21.6. The number of fused-ring (bicyclic) bond motifs is 1. The van der Waals surface area contributed by atoms with Crippen LogP contribution in [0.3, 0.4) is 0 Å². The van der Waals surface area contributed by atoms with Crippen molar-refractivity contribution in [2.45, 2.75) is 26.9 Å². The van der Waals surface area contributed by atoms with Crippen molar-refractivity contribution < 1.29 is 9.90 Å². The number of benzene rings is 1. The Morgan fingerprint density at radius 2 is 1.59 bits per heavy atom. The minimum atomic E-state index is -0.619. The lowest BCUT2D eigenvalue weighted by Crippen LogP contribution is -2.44. The molecule has 160 valence electrons. The minimum Gasteiger partial charge on any atom is -0.481 e. The van der Waals surface area contributed by atoms with Gasteiger partial charge < -0.3 is 14.9 Å². The van der Waals surface area contributed by atoms with Crippen molar-refractivity contribution in [3.05, 3.63) is 34.4 Å². The molecule has 1 aromatic rings. The SMILES string of the molecule is Cc1cc(CN2CCN(C)CC2)c(C)c(CN2C[C@@H]3CN(C)C[C@]3(C(=O)O)C2)c1. The van der Waals surface area contributed by atoms with Gasteiger partial charge in [-0.2, -0.15) is 0 Å². The number of hydrogen-bond acceptors (Lipinski definition) is 5. The predicted octanol–water partition coefficient (Wildman–Crippen LogP) is 1.50. The maximum absolute atomic E-state index is 12.1. The lowest BCUT2D eigenvalue weighted by Gasteiger charge is -2.33. The molecule has 3 aliphatic heterocycles. The maximum atomic E-state index is 12.1. The maximum Gasteiger partial charge on any atom is 0.312 e. The van der Waals surface area contributed by atoms with E-state index in [0.717, 1.165) is 52.4 Å². The number of carbonyl (C=O) groups is 1. The number of aryl methyl sites for hydroxylation is 1. The van der Waals surface area contributed by atoms with E-state index in [2.05, 4.69) is 52.6 Å². The summed E-state index contributed by atoms with van der Waals surface area (Å²) < 4.78 is 0. The lowest BCUT2D eigenvalue weighted by molar-refractivity contribution is -0.148. The number of rotatable bonds is 5. The molecule has 6 nitrogen and oxygen atoms in total. The molecule has 0 aromatic heterocycles. The summed E-state index contributed by atoms with van der Waals surface area (Å²) in [6.07, 6.45) is 0. The molecule has 0 bridgehead atoms. The first-order valence-corrected chi connectivity index (χ1v) is 10.9. The highest BCUT2D eigenvalue weighted by molar-refractivity contribution is 5.77. The van der Waals surface area contributed by atoms with Crippen LogP contribution in [0.5, 0.6) is 0 Å². The van der Waals surface area contributed by atoms with Gasteiger partial charge >= 0.3 is 5.97 Å². The molecule has 4 rings (SSSR count). The molecule has 0 amide bonds.